The van der Waals surface area contributed by atoms with Crippen LogP contribution in [-0.4, -0.2) is 43.0 Å². The van der Waals surface area contributed by atoms with Crippen LogP contribution < -0.4 is 10.1 Å². The molecule has 1 fully saturated rings. The van der Waals surface area contributed by atoms with E-state index in [0.717, 1.165) is 13.0 Å². The van der Waals surface area contributed by atoms with Crippen LogP contribution in [0.2, 0.25) is 0 Å². The molecule has 1 N–H and O–H groups in total. The van der Waals surface area contributed by atoms with E-state index in [1.165, 1.54) is 0 Å². The van der Waals surface area contributed by atoms with Gasteiger partial charge < -0.3 is 15.0 Å². The highest BCUT2D eigenvalue weighted by Gasteiger charge is 2.23. The van der Waals surface area contributed by atoms with Crippen molar-refractivity contribution in [1.29, 1.82) is 0 Å². The molecule has 1 aromatic carbocycles. The van der Waals surface area contributed by atoms with Crippen LogP contribution in [0.4, 0.5) is 0 Å². The fraction of sp³-hybridized carbons (Fsp3) is 0.467. The number of rotatable bonds is 5. The highest BCUT2D eigenvalue weighted by atomic mass is 79.9. The van der Waals surface area contributed by atoms with Crippen molar-refractivity contribution in [1.82, 2.24) is 10.2 Å². The molecule has 1 heterocycles. The number of benzene rings is 1. The summed E-state index contributed by atoms with van der Waals surface area (Å²) in [6.45, 7) is 3.23. The number of hydrogen-bond acceptors (Lipinski definition) is 3. The average molecular weight is 355 g/mol. The highest BCUT2D eigenvalue weighted by Crippen LogP contribution is 2.22. The normalized spacial score (nSPS) is 16.0. The predicted octanol–water partition coefficient (Wildman–Crippen LogP) is 2.20. The van der Waals surface area contributed by atoms with Crippen molar-refractivity contribution in [2.24, 2.45) is 0 Å². The molecule has 0 radical (unpaired) electrons. The van der Waals surface area contributed by atoms with Gasteiger partial charge in [-0.2, -0.15) is 0 Å². The Hall–Kier alpha value is -1.56. The minimum atomic E-state index is -0.181. The van der Waals surface area contributed by atoms with Gasteiger partial charge in [-0.25, -0.2) is 0 Å². The molecule has 0 aromatic heterocycles. The first-order valence-corrected chi connectivity index (χ1v) is 7.72. The number of halogens is 1. The first-order chi connectivity index (χ1) is 10.0. The molecule has 5 nitrogen and oxygen atoms in total. The van der Waals surface area contributed by atoms with E-state index in [9.17, 15) is 9.59 Å². The Labute approximate surface area is 132 Å². The molecule has 2 amide bonds. The van der Waals surface area contributed by atoms with Crippen LogP contribution >= 0.6 is 15.9 Å². The zero-order valence-electron chi connectivity index (χ0n) is 12.2. The van der Waals surface area contributed by atoms with Gasteiger partial charge in [0.2, 0.25) is 5.91 Å². The summed E-state index contributed by atoms with van der Waals surface area (Å²) in [5.41, 5.74) is 0.522. The van der Waals surface area contributed by atoms with Gasteiger partial charge in [-0.3, -0.25) is 9.59 Å². The lowest BCUT2D eigenvalue weighted by Crippen LogP contribution is -2.42. The molecule has 6 heteroatoms. The highest BCUT2D eigenvalue weighted by molar-refractivity contribution is 9.10. The molecule has 1 saturated heterocycles. The molecule has 1 aliphatic rings. The van der Waals surface area contributed by atoms with Crippen LogP contribution in [0.3, 0.4) is 0 Å². The summed E-state index contributed by atoms with van der Waals surface area (Å²) in [5.74, 6) is 0.615. The lowest BCUT2D eigenvalue weighted by atomic mass is 10.2. The van der Waals surface area contributed by atoms with Gasteiger partial charge in [0.25, 0.3) is 5.91 Å². The molecule has 21 heavy (non-hydrogen) atoms. The van der Waals surface area contributed by atoms with Crippen LogP contribution in [0.1, 0.15) is 30.1 Å². The molecular weight excluding hydrogens is 336 g/mol. The number of hydrogen-bond donors (Lipinski definition) is 1. The number of ether oxygens (including phenoxy) is 1. The van der Waals surface area contributed by atoms with E-state index in [-0.39, 0.29) is 17.9 Å². The zero-order valence-corrected chi connectivity index (χ0v) is 13.8. The smallest absolute Gasteiger partial charge is 0.252 e. The summed E-state index contributed by atoms with van der Waals surface area (Å²) in [7, 11) is 1.56. The molecule has 114 valence electrons. The second kappa shape index (κ2) is 6.93. The number of carbonyl (C=O) groups excluding carboxylic acids is 2. The molecule has 0 spiro atoms. The van der Waals surface area contributed by atoms with Crippen molar-refractivity contribution in [3.63, 3.8) is 0 Å². The lowest BCUT2D eigenvalue weighted by Gasteiger charge is -2.22. The Morgan fingerprint density at radius 2 is 2.29 bits per heavy atom. The van der Waals surface area contributed by atoms with Crippen LogP contribution in [-0.2, 0) is 4.79 Å². The van der Waals surface area contributed by atoms with Crippen molar-refractivity contribution in [2.45, 2.75) is 25.8 Å². The van der Waals surface area contributed by atoms with E-state index < -0.39 is 0 Å². The Kier molecular flexibility index (Phi) is 5.22. The standard InChI is InChI=1S/C15H19BrN2O3/c1-10(9-18-7-3-4-14(18)19)17-15(20)12-8-11(21-2)5-6-13(12)16/h5-6,8,10H,3-4,7,9H2,1-2H3,(H,17,20). The zero-order chi connectivity index (χ0) is 15.4. The number of likely N-dealkylation sites (tertiary alicyclic amines) is 1. The monoisotopic (exact) mass is 354 g/mol. The van der Waals surface area contributed by atoms with Crippen LogP contribution in [0.5, 0.6) is 5.75 Å². The maximum atomic E-state index is 12.3. The maximum Gasteiger partial charge on any atom is 0.252 e. The van der Waals surface area contributed by atoms with Gasteiger partial charge in [0.15, 0.2) is 0 Å². The molecule has 1 unspecified atom stereocenters. The SMILES string of the molecule is COc1ccc(Br)c(C(=O)NC(C)CN2CCCC2=O)c1. The third-order valence-electron chi connectivity index (χ3n) is 3.46. The predicted molar refractivity (Wildman–Crippen MR) is 83.4 cm³/mol. The van der Waals surface area contributed by atoms with Gasteiger partial charge in [0, 0.05) is 30.0 Å². The summed E-state index contributed by atoms with van der Waals surface area (Å²) in [5, 5.41) is 2.92. The molecule has 1 atom stereocenters. The number of carbonyl (C=O) groups is 2. The van der Waals surface area contributed by atoms with Crippen molar-refractivity contribution in [3.8, 4) is 5.75 Å². The van der Waals surface area contributed by atoms with E-state index in [2.05, 4.69) is 21.2 Å². The van der Waals surface area contributed by atoms with Crippen molar-refractivity contribution >= 4 is 27.7 Å². The second-order valence-corrected chi connectivity index (χ2v) is 6.02. The average Bonchev–Trinajstić information content (AvgIpc) is 2.84. The minimum absolute atomic E-state index is 0.0994. The summed E-state index contributed by atoms with van der Waals surface area (Å²) in [6, 6.07) is 5.15. The third kappa shape index (κ3) is 3.97. The van der Waals surface area contributed by atoms with Crippen LogP contribution in [0.15, 0.2) is 22.7 Å². The Morgan fingerprint density at radius 1 is 1.52 bits per heavy atom. The van der Waals surface area contributed by atoms with Gasteiger partial charge >= 0.3 is 0 Å². The molecule has 1 aliphatic heterocycles. The molecular formula is C15H19BrN2O3. The number of nitrogens with zero attached hydrogens (tertiary/aromatic N) is 1. The first-order valence-electron chi connectivity index (χ1n) is 6.93. The second-order valence-electron chi connectivity index (χ2n) is 5.16. The fourth-order valence-electron chi connectivity index (χ4n) is 2.38. The topological polar surface area (TPSA) is 58.6 Å². The molecule has 1 aromatic rings. The van der Waals surface area contributed by atoms with Crippen molar-refractivity contribution < 1.29 is 14.3 Å². The molecule has 0 bridgehead atoms. The Bertz CT molecular complexity index is 548. The first kappa shape index (κ1) is 15.8. The van der Waals surface area contributed by atoms with Gasteiger partial charge in [0.1, 0.15) is 5.75 Å². The Balaban J connectivity index is 1.98. The van der Waals surface area contributed by atoms with E-state index in [4.69, 9.17) is 4.74 Å². The molecule has 0 saturated carbocycles. The van der Waals surface area contributed by atoms with E-state index in [1.54, 1.807) is 30.2 Å². The van der Waals surface area contributed by atoms with E-state index in [1.807, 2.05) is 6.92 Å². The van der Waals surface area contributed by atoms with Crippen LogP contribution in [0, 0.1) is 0 Å². The summed E-state index contributed by atoms with van der Waals surface area (Å²) >= 11 is 3.37. The molecule has 2 rings (SSSR count). The third-order valence-corrected chi connectivity index (χ3v) is 4.15. The summed E-state index contributed by atoms with van der Waals surface area (Å²) < 4.78 is 5.85. The van der Waals surface area contributed by atoms with Gasteiger partial charge in [-0.15, -0.1) is 0 Å². The van der Waals surface area contributed by atoms with Gasteiger partial charge in [-0.05, 0) is 47.5 Å². The fourth-order valence-corrected chi connectivity index (χ4v) is 2.81. The van der Waals surface area contributed by atoms with Crippen molar-refractivity contribution in [2.75, 3.05) is 20.2 Å². The quantitative estimate of drug-likeness (QED) is 0.881. The van der Waals surface area contributed by atoms with Gasteiger partial charge in [0.05, 0.1) is 12.7 Å². The minimum Gasteiger partial charge on any atom is -0.497 e. The van der Waals surface area contributed by atoms with E-state index in [0.29, 0.717) is 28.8 Å². The van der Waals surface area contributed by atoms with Crippen LogP contribution in [0.25, 0.3) is 0 Å². The van der Waals surface area contributed by atoms with Crippen molar-refractivity contribution in [3.05, 3.63) is 28.2 Å². The largest absolute Gasteiger partial charge is 0.497 e. The molecule has 0 aliphatic carbocycles. The van der Waals surface area contributed by atoms with Gasteiger partial charge in [-0.1, -0.05) is 0 Å². The maximum absolute atomic E-state index is 12.3. The summed E-state index contributed by atoms with van der Waals surface area (Å²) in [6.07, 6.45) is 1.52. The number of methoxy groups -OCH3 is 1. The van der Waals surface area contributed by atoms with E-state index >= 15 is 0 Å². The summed E-state index contributed by atoms with van der Waals surface area (Å²) in [4.78, 5) is 25.7. The number of nitrogens with one attached hydrogen (secondary N) is 1. The lowest BCUT2D eigenvalue weighted by molar-refractivity contribution is -0.127. The Morgan fingerprint density at radius 3 is 2.90 bits per heavy atom. The number of amides is 2.